The molecule has 1 aromatic rings. The number of rotatable bonds is 4. The summed E-state index contributed by atoms with van der Waals surface area (Å²) in [4.78, 5) is 14.5. The van der Waals surface area contributed by atoms with Gasteiger partial charge in [-0.15, -0.1) is 6.58 Å². The minimum atomic E-state index is -0.353. The monoisotopic (exact) mass is 258 g/mol. The smallest absolute Gasteiger partial charge is 0.258 e. The number of carbonyl (C=O) groups excluding carboxylic acids is 1. The zero-order valence-corrected chi connectivity index (χ0v) is 11.9. The molecule has 0 radical (unpaired) electrons. The van der Waals surface area contributed by atoms with E-state index in [-0.39, 0.29) is 11.6 Å². The van der Waals surface area contributed by atoms with Crippen molar-refractivity contribution in [2.45, 2.75) is 32.9 Å². The molecule has 0 bridgehead atoms. The molecule has 2 rings (SSSR count). The van der Waals surface area contributed by atoms with E-state index in [0.29, 0.717) is 12.5 Å². The van der Waals surface area contributed by atoms with Gasteiger partial charge in [-0.05, 0) is 31.4 Å². The Balaban J connectivity index is 2.44. The number of para-hydroxylation sites is 1. The summed E-state index contributed by atoms with van der Waals surface area (Å²) in [6.07, 6.45) is 2.69. The Morgan fingerprint density at radius 1 is 1.42 bits per heavy atom. The third-order valence-electron chi connectivity index (χ3n) is 3.52. The fraction of sp³-hybridized carbons (Fsp3) is 0.438. The molecule has 1 amide bonds. The van der Waals surface area contributed by atoms with Gasteiger partial charge in [-0.3, -0.25) is 4.79 Å². The quantitative estimate of drug-likeness (QED) is 0.838. The van der Waals surface area contributed by atoms with Crippen LogP contribution < -0.4 is 5.32 Å². The normalized spacial score (nSPS) is 22.1. The molecule has 19 heavy (non-hydrogen) atoms. The number of fused-ring (bicyclic) bond motifs is 1. The summed E-state index contributed by atoms with van der Waals surface area (Å²) in [5, 5.41) is 3.53. The summed E-state index contributed by atoms with van der Waals surface area (Å²) in [6.45, 7) is 10.8. The van der Waals surface area contributed by atoms with Crippen LogP contribution in [0.25, 0.3) is 0 Å². The maximum absolute atomic E-state index is 12.6. The lowest BCUT2D eigenvalue weighted by molar-refractivity contribution is 0.0536. The zero-order chi connectivity index (χ0) is 14.0. The number of nitrogens with one attached hydrogen (secondary N) is 1. The van der Waals surface area contributed by atoms with Crippen LogP contribution in [0, 0.1) is 5.92 Å². The highest BCUT2D eigenvalue weighted by Crippen LogP contribution is 2.34. The van der Waals surface area contributed by atoms with E-state index in [0.717, 1.165) is 17.7 Å². The van der Waals surface area contributed by atoms with Gasteiger partial charge in [0, 0.05) is 12.2 Å². The summed E-state index contributed by atoms with van der Waals surface area (Å²) >= 11 is 0. The van der Waals surface area contributed by atoms with Gasteiger partial charge in [0.05, 0.1) is 5.56 Å². The third-order valence-corrected chi connectivity index (χ3v) is 3.52. The molecular weight excluding hydrogens is 236 g/mol. The van der Waals surface area contributed by atoms with Crippen molar-refractivity contribution in [3.8, 4) is 0 Å². The van der Waals surface area contributed by atoms with Crippen molar-refractivity contribution in [2.24, 2.45) is 5.92 Å². The number of nitrogens with zero attached hydrogens (tertiary/aromatic N) is 1. The molecule has 1 unspecified atom stereocenters. The van der Waals surface area contributed by atoms with Crippen molar-refractivity contribution in [1.82, 2.24) is 4.90 Å². The van der Waals surface area contributed by atoms with Gasteiger partial charge >= 0.3 is 0 Å². The minimum Gasteiger partial charge on any atom is -0.362 e. The molecule has 1 aliphatic heterocycles. The van der Waals surface area contributed by atoms with Gasteiger partial charge in [0.15, 0.2) is 0 Å². The number of amides is 1. The van der Waals surface area contributed by atoms with E-state index in [1.807, 2.05) is 29.2 Å². The Hall–Kier alpha value is -1.77. The van der Waals surface area contributed by atoms with E-state index in [1.54, 1.807) is 6.08 Å². The second kappa shape index (κ2) is 5.08. The molecule has 1 N–H and O–H groups in total. The fourth-order valence-corrected chi connectivity index (χ4v) is 2.88. The van der Waals surface area contributed by atoms with E-state index in [2.05, 4.69) is 32.7 Å². The van der Waals surface area contributed by atoms with Gasteiger partial charge < -0.3 is 10.2 Å². The first-order valence-electron chi connectivity index (χ1n) is 6.78. The van der Waals surface area contributed by atoms with Crippen molar-refractivity contribution in [3.05, 3.63) is 42.5 Å². The van der Waals surface area contributed by atoms with Crippen LogP contribution in [0.2, 0.25) is 0 Å². The topological polar surface area (TPSA) is 32.3 Å². The Morgan fingerprint density at radius 2 is 2.11 bits per heavy atom. The van der Waals surface area contributed by atoms with Gasteiger partial charge in [0.2, 0.25) is 0 Å². The van der Waals surface area contributed by atoms with Crippen LogP contribution in [0.4, 0.5) is 5.69 Å². The van der Waals surface area contributed by atoms with Crippen molar-refractivity contribution in [2.75, 3.05) is 11.9 Å². The number of benzene rings is 1. The second-order valence-electron chi connectivity index (χ2n) is 5.75. The number of hydrogen-bond acceptors (Lipinski definition) is 2. The first kappa shape index (κ1) is 13.7. The highest BCUT2D eigenvalue weighted by Gasteiger charge is 2.40. The maximum atomic E-state index is 12.6. The van der Waals surface area contributed by atoms with Crippen molar-refractivity contribution in [1.29, 1.82) is 0 Å². The molecule has 0 aromatic heterocycles. The molecule has 102 valence electrons. The summed E-state index contributed by atoms with van der Waals surface area (Å²) in [7, 11) is 0. The molecule has 0 saturated heterocycles. The van der Waals surface area contributed by atoms with Crippen molar-refractivity contribution < 1.29 is 4.79 Å². The molecule has 1 aliphatic rings. The molecule has 0 aliphatic carbocycles. The minimum absolute atomic E-state index is 0.0809. The molecule has 0 fully saturated rings. The Kier molecular flexibility index (Phi) is 3.65. The number of hydrogen-bond donors (Lipinski definition) is 1. The van der Waals surface area contributed by atoms with E-state index >= 15 is 0 Å². The Labute approximate surface area is 115 Å². The van der Waals surface area contributed by atoms with Gasteiger partial charge in [0.25, 0.3) is 5.91 Å². The summed E-state index contributed by atoms with van der Waals surface area (Å²) in [6, 6.07) is 7.69. The van der Waals surface area contributed by atoms with Gasteiger partial charge in [-0.2, -0.15) is 0 Å². The highest BCUT2D eigenvalue weighted by molar-refractivity contribution is 6.02. The summed E-state index contributed by atoms with van der Waals surface area (Å²) in [5.41, 5.74) is 1.31. The Bertz CT molecular complexity index is 495. The first-order chi connectivity index (χ1) is 8.98. The molecule has 0 spiro atoms. The lowest BCUT2D eigenvalue weighted by atomic mass is 9.92. The predicted octanol–water partition coefficient (Wildman–Crippen LogP) is 3.50. The molecule has 0 saturated carbocycles. The SMILES string of the molecule is C=CCN1C(=O)c2ccccc2NC1(C)CC(C)C. The van der Waals surface area contributed by atoms with E-state index in [9.17, 15) is 4.79 Å². The standard InChI is InChI=1S/C16H22N2O/c1-5-10-18-15(19)13-8-6-7-9-14(13)17-16(18,4)11-12(2)3/h5-9,12,17H,1,10-11H2,2-4H3. The van der Waals surface area contributed by atoms with Crippen molar-refractivity contribution >= 4 is 11.6 Å². The predicted molar refractivity (Wildman–Crippen MR) is 79.2 cm³/mol. The van der Waals surface area contributed by atoms with Crippen LogP contribution in [0.1, 0.15) is 37.6 Å². The van der Waals surface area contributed by atoms with Crippen molar-refractivity contribution in [3.63, 3.8) is 0 Å². The van der Waals surface area contributed by atoms with Crippen LogP contribution in [0.3, 0.4) is 0 Å². The number of anilines is 1. The Morgan fingerprint density at radius 3 is 2.74 bits per heavy atom. The van der Waals surface area contributed by atoms with E-state index in [1.165, 1.54) is 0 Å². The molecule has 1 aromatic carbocycles. The van der Waals surface area contributed by atoms with Gasteiger partial charge in [-0.1, -0.05) is 32.1 Å². The first-order valence-corrected chi connectivity index (χ1v) is 6.78. The second-order valence-corrected chi connectivity index (χ2v) is 5.75. The van der Waals surface area contributed by atoms with Gasteiger partial charge in [-0.25, -0.2) is 0 Å². The fourth-order valence-electron chi connectivity index (χ4n) is 2.88. The van der Waals surface area contributed by atoms with Crippen LogP contribution in [0.5, 0.6) is 0 Å². The molecule has 1 atom stereocenters. The van der Waals surface area contributed by atoms with Gasteiger partial charge in [0.1, 0.15) is 5.66 Å². The summed E-state index contributed by atoms with van der Waals surface area (Å²) in [5.74, 6) is 0.584. The average Bonchev–Trinajstić information content (AvgIpc) is 2.33. The lowest BCUT2D eigenvalue weighted by Gasteiger charge is -2.47. The average molecular weight is 258 g/mol. The molecule has 3 nitrogen and oxygen atoms in total. The molecular formula is C16H22N2O. The van der Waals surface area contributed by atoms with E-state index in [4.69, 9.17) is 0 Å². The molecule has 1 heterocycles. The number of carbonyl (C=O) groups is 1. The van der Waals surface area contributed by atoms with Crippen LogP contribution in [0.15, 0.2) is 36.9 Å². The summed E-state index contributed by atoms with van der Waals surface area (Å²) < 4.78 is 0. The van der Waals surface area contributed by atoms with E-state index < -0.39 is 0 Å². The highest BCUT2D eigenvalue weighted by atomic mass is 16.2. The maximum Gasteiger partial charge on any atom is 0.258 e. The third kappa shape index (κ3) is 2.50. The van der Waals surface area contributed by atoms with Crippen LogP contribution in [-0.4, -0.2) is 23.0 Å². The largest absolute Gasteiger partial charge is 0.362 e. The van der Waals surface area contributed by atoms with Crippen LogP contribution >= 0.6 is 0 Å². The lowest BCUT2D eigenvalue weighted by Crippen LogP contribution is -2.58. The van der Waals surface area contributed by atoms with Crippen LogP contribution in [-0.2, 0) is 0 Å². The zero-order valence-electron chi connectivity index (χ0n) is 11.9. The molecule has 3 heteroatoms.